The Morgan fingerprint density at radius 2 is 2.05 bits per heavy atom. The number of primary amides is 1. The molecule has 110 valence electrons. The molecule has 20 heavy (non-hydrogen) atoms. The second-order valence-electron chi connectivity index (χ2n) is 5.27. The summed E-state index contributed by atoms with van der Waals surface area (Å²) in [6.07, 6.45) is 2.90. The van der Waals surface area contributed by atoms with Gasteiger partial charge in [-0.2, -0.15) is 0 Å². The highest BCUT2D eigenvalue weighted by atomic mass is 16.5. The molecule has 1 saturated carbocycles. The number of benzene rings is 1. The molecule has 2 atom stereocenters. The van der Waals surface area contributed by atoms with Crippen LogP contribution in [0.25, 0.3) is 0 Å². The van der Waals surface area contributed by atoms with Crippen LogP contribution in [0.5, 0.6) is 5.75 Å². The SMILES string of the molecule is NC(=O)C1(N)CCCC(OCCOc2ccccc2)C1. The molecule has 0 bridgehead atoms. The molecule has 1 aromatic carbocycles. The Hall–Kier alpha value is -1.59. The zero-order valence-electron chi connectivity index (χ0n) is 11.6. The van der Waals surface area contributed by atoms with Crippen LogP contribution >= 0.6 is 0 Å². The molecule has 2 rings (SSSR count). The summed E-state index contributed by atoms with van der Waals surface area (Å²) < 4.78 is 11.3. The van der Waals surface area contributed by atoms with Gasteiger partial charge in [-0.1, -0.05) is 18.2 Å². The molecular weight excluding hydrogens is 256 g/mol. The van der Waals surface area contributed by atoms with Crippen molar-refractivity contribution in [2.24, 2.45) is 11.5 Å². The van der Waals surface area contributed by atoms with Crippen LogP contribution < -0.4 is 16.2 Å². The Morgan fingerprint density at radius 3 is 2.75 bits per heavy atom. The van der Waals surface area contributed by atoms with Crippen LogP contribution in [0, 0.1) is 0 Å². The maximum absolute atomic E-state index is 11.4. The summed E-state index contributed by atoms with van der Waals surface area (Å²) in [6, 6.07) is 9.59. The minimum atomic E-state index is -0.913. The van der Waals surface area contributed by atoms with Gasteiger partial charge in [0.25, 0.3) is 0 Å². The number of amides is 1. The minimum absolute atomic E-state index is 0.0133. The van der Waals surface area contributed by atoms with Gasteiger partial charge in [0.1, 0.15) is 12.4 Å². The van der Waals surface area contributed by atoms with Crippen LogP contribution in [0.2, 0.25) is 0 Å². The average molecular weight is 278 g/mol. The number of ether oxygens (including phenoxy) is 2. The Bertz CT molecular complexity index is 438. The number of para-hydroxylation sites is 1. The van der Waals surface area contributed by atoms with Gasteiger partial charge in [0.2, 0.25) is 5.91 Å². The molecule has 0 heterocycles. The van der Waals surface area contributed by atoms with Crippen LogP contribution in [0.3, 0.4) is 0 Å². The van der Waals surface area contributed by atoms with Crippen molar-refractivity contribution < 1.29 is 14.3 Å². The van der Waals surface area contributed by atoms with Crippen LogP contribution in [-0.4, -0.2) is 30.8 Å². The first kappa shape index (κ1) is 14.8. The van der Waals surface area contributed by atoms with Gasteiger partial charge in [0.05, 0.1) is 18.2 Å². The number of hydrogen-bond acceptors (Lipinski definition) is 4. The van der Waals surface area contributed by atoms with E-state index in [0.717, 1.165) is 18.6 Å². The van der Waals surface area contributed by atoms with Crippen LogP contribution in [-0.2, 0) is 9.53 Å². The van der Waals surface area contributed by atoms with Crippen molar-refractivity contribution >= 4 is 5.91 Å². The fraction of sp³-hybridized carbons (Fsp3) is 0.533. The number of rotatable bonds is 6. The lowest BCUT2D eigenvalue weighted by Gasteiger charge is -2.35. The summed E-state index contributed by atoms with van der Waals surface area (Å²) >= 11 is 0. The second kappa shape index (κ2) is 6.72. The van der Waals surface area contributed by atoms with Crippen molar-refractivity contribution in [1.82, 2.24) is 0 Å². The zero-order valence-corrected chi connectivity index (χ0v) is 11.6. The maximum atomic E-state index is 11.4. The Labute approximate surface area is 119 Å². The van der Waals surface area contributed by atoms with Crippen LogP contribution in [0.1, 0.15) is 25.7 Å². The number of hydrogen-bond donors (Lipinski definition) is 2. The molecule has 5 nitrogen and oxygen atoms in total. The standard InChI is InChI=1S/C15H22N2O3/c16-14(18)15(17)8-4-7-13(11-15)20-10-9-19-12-5-2-1-3-6-12/h1-3,5-6,13H,4,7-11,17H2,(H2,16,18). The number of carbonyl (C=O) groups is 1. The topological polar surface area (TPSA) is 87.6 Å². The molecule has 1 aliphatic carbocycles. The van der Waals surface area contributed by atoms with Crippen molar-refractivity contribution in [2.75, 3.05) is 13.2 Å². The molecule has 1 fully saturated rings. The fourth-order valence-corrected chi connectivity index (χ4v) is 2.51. The molecule has 0 radical (unpaired) electrons. The van der Waals surface area contributed by atoms with Crippen molar-refractivity contribution in [3.63, 3.8) is 0 Å². The van der Waals surface area contributed by atoms with E-state index in [2.05, 4.69) is 0 Å². The average Bonchev–Trinajstić information content (AvgIpc) is 2.45. The van der Waals surface area contributed by atoms with Crippen molar-refractivity contribution in [2.45, 2.75) is 37.3 Å². The van der Waals surface area contributed by atoms with E-state index in [1.807, 2.05) is 30.3 Å². The molecule has 0 aliphatic heterocycles. The Kier molecular flexibility index (Phi) is 4.98. The Balaban J connectivity index is 1.70. The first-order chi connectivity index (χ1) is 9.60. The summed E-state index contributed by atoms with van der Waals surface area (Å²) in [4.78, 5) is 11.4. The third-order valence-corrected chi connectivity index (χ3v) is 3.68. The predicted molar refractivity (Wildman–Crippen MR) is 76.3 cm³/mol. The van der Waals surface area contributed by atoms with Crippen molar-refractivity contribution in [1.29, 1.82) is 0 Å². The van der Waals surface area contributed by atoms with Gasteiger partial charge >= 0.3 is 0 Å². The third kappa shape index (κ3) is 3.95. The predicted octanol–water partition coefficient (Wildman–Crippen LogP) is 1.21. The summed E-state index contributed by atoms with van der Waals surface area (Å²) in [5.41, 5.74) is 10.4. The summed E-state index contributed by atoms with van der Waals surface area (Å²) in [6.45, 7) is 0.961. The number of carbonyl (C=O) groups excluding carboxylic acids is 1. The van der Waals surface area contributed by atoms with E-state index in [1.165, 1.54) is 0 Å². The highest BCUT2D eigenvalue weighted by Crippen LogP contribution is 2.28. The molecule has 1 aliphatic rings. The zero-order chi connectivity index (χ0) is 14.4. The molecule has 5 heteroatoms. The summed E-state index contributed by atoms with van der Waals surface area (Å²) in [5.74, 6) is 0.386. The van der Waals surface area contributed by atoms with Crippen molar-refractivity contribution in [3.8, 4) is 5.75 Å². The van der Waals surface area contributed by atoms with Gasteiger partial charge in [0.15, 0.2) is 0 Å². The molecule has 0 spiro atoms. The van der Waals surface area contributed by atoms with Crippen LogP contribution in [0.4, 0.5) is 0 Å². The van der Waals surface area contributed by atoms with Gasteiger partial charge in [-0.25, -0.2) is 0 Å². The van der Waals surface area contributed by atoms with Gasteiger partial charge in [-0.15, -0.1) is 0 Å². The van der Waals surface area contributed by atoms with E-state index in [4.69, 9.17) is 20.9 Å². The van der Waals surface area contributed by atoms with Gasteiger partial charge < -0.3 is 20.9 Å². The second-order valence-corrected chi connectivity index (χ2v) is 5.27. The van der Waals surface area contributed by atoms with Crippen molar-refractivity contribution in [3.05, 3.63) is 30.3 Å². The first-order valence-electron chi connectivity index (χ1n) is 6.98. The summed E-state index contributed by atoms with van der Waals surface area (Å²) in [5, 5.41) is 0. The number of nitrogens with two attached hydrogens (primary N) is 2. The lowest BCUT2D eigenvalue weighted by molar-refractivity contribution is -0.126. The molecule has 0 aromatic heterocycles. The lowest BCUT2D eigenvalue weighted by atomic mass is 9.80. The molecule has 4 N–H and O–H groups in total. The fourth-order valence-electron chi connectivity index (χ4n) is 2.51. The molecule has 1 amide bonds. The maximum Gasteiger partial charge on any atom is 0.237 e. The monoisotopic (exact) mass is 278 g/mol. The Morgan fingerprint density at radius 1 is 1.30 bits per heavy atom. The first-order valence-corrected chi connectivity index (χ1v) is 6.98. The van der Waals surface area contributed by atoms with E-state index in [0.29, 0.717) is 26.1 Å². The molecule has 2 unspecified atom stereocenters. The molecule has 0 saturated heterocycles. The van der Waals surface area contributed by atoms with Gasteiger partial charge in [-0.3, -0.25) is 4.79 Å². The van der Waals surface area contributed by atoms with Crippen LogP contribution in [0.15, 0.2) is 30.3 Å². The molecular formula is C15H22N2O3. The highest BCUT2D eigenvalue weighted by Gasteiger charge is 2.38. The molecule has 1 aromatic rings. The quantitative estimate of drug-likeness (QED) is 0.766. The third-order valence-electron chi connectivity index (χ3n) is 3.68. The highest BCUT2D eigenvalue weighted by molar-refractivity contribution is 5.84. The van der Waals surface area contributed by atoms with Gasteiger partial charge in [-0.05, 0) is 31.4 Å². The van der Waals surface area contributed by atoms with E-state index in [9.17, 15) is 4.79 Å². The van der Waals surface area contributed by atoms with Gasteiger partial charge in [0, 0.05) is 6.42 Å². The smallest absolute Gasteiger partial charge is 0.237 e. The van der Waals surface area contributed by atoms with E-state index in [1.54, 1.807) is 0 Å². The largest absolute Gasteiger partial charge is 0.491 e. The summed E-state index contributed by atoms with van der Waals surface area (Å²) in [7, 11) is 0. The minimum Gasteiger partial charge on any atom is -0.491 e. The normalized spacial score (nSPS) is 26.1. The van der Waals surface area contributed by atoms with E-state index < -0.39 is 11.4 Å². The van der Waals surface area contributed by atoms with E-state index >= 15 is 0 Å². The lowest BCUT2D eigenvalue weighted by Crippen LogP contribution is -2.56. The van der Waals surface area contributed by atoms with E-state index in [-0.39, 0.29) is 6.10 Å².